The molecule has 1 N–H and O–H groups in total. The molecule has 0 bridgehead atoms. The second kappa shape index (κ2) is 10.0. The number of carbonyl (C=O) groups excluding carboxylic acids is 1. The number of amides is 1. The summed E-state index contributed by atoms with van der Waals surface area (Å²) in [6.45, 7) is 9.10. The van der Waals surface area contributed by atoms with E-state index in [-0.39, 0.29) is 17.6 Å². The third-order valence-corrected chi connectivity index (χ3v) is 7.93. The number of rotatable bonds is 8. The lowest BCUT2D eigenvalue weighted by Gasteiger charge is -2.31. The zero-order chi connectivity index (χ0) is 20.9. The van der Waals surface area contributed by atoms with Crippen LogP contribution < -0.4 is 5.32 Å². The van der Waals surface area contributed by atoms with E-state index in [2.05, 4.69) is 17.1 Å². The van der Waals surface area contributed by atoms with E-state index in [9.17, 15) is 13.2 Å². The Morgan fingerprint density at radius 2 is 1.72 bits per heavy atom. The number of aryl methyl sites for hydroxylation is 1. The largest absolute Gasteiger partial charge is 0.356 e. The number of nitrogens with one attached hydrogen (secondary N) is 1. The van der Waals surface area contributed by atoms with Crippen LogP contribution in [0, 0.1) is 18.8 Å². The molecule has 0 saturated carbocycles. The smallest absolute Gasteiger partial charge is 0.223 e. The average molecular weight is 422 g/mol. The van der Waals surface area contributed by atoms with Crippen molar-refractivity contribution in [3.63, 3.8) is 0 Å². The topological polar surface area (TPSA) is 69.7 Å². The van der Waals surface area contributed by atoms with Gasteiger partial charge in [0.2, 0.25) is 15.9 Å². The Labute approximate surface area is 175 Å². The summed E-state index contributed by atoms with van der Waals surface area (Å²) in [7, 11) is -3.34. The number of piperidine rings is 1. The fourth-order valence-corrected chi connectivity index (χ4v) is 5.84. The van der Waals surface area contributed by atoms with E-state index in [1.807, 2.05) is 31.2 Å². The van der Waals surface area contributed by atoms with E-state index in [1.165, 1.54) is 25.9 Å². The van der Waals surface area contributed by atoms with Gasteiger partial charge in [-0.05, 0) is 57.2 Å². The monoisotopic (exact) mass is 421 g/mol. The van der Waals surface area contributed by atoms with Crippen molar-refractivity contribution < 1.29 is 13.2 Å². The molecule has 0 radical (unpaired) electrons. The predicted molar refractivity (Wildman–Crippen MR) is 116 cm³/mol. The Kier molecular flexibility index (Phi) is 7.71. The minimum atomic E-state index is -3.34. The van der Waals surface area contributed by atoms with Gasteiger partial charge in [-0.3, -0.25) is 4.79 Å². The van der Waals surface area contributed by atoms with Crippen molar-refractivity contribution in [2.45, 2.75) is 45.3 Å². The molecular weight excluding hydrogens is 386 g/mol. The van der Waals surface area contributed by atoms with Crippen LogP contribution >= 0.6 is 0 Å². The molecule has 2 saturated heterocycles. The molecule has 0 spiro atoms. The molecule has 162 valence electrons. The molecule has 0 aliphatic carbocycles. The first-order valence-corrected chi connectivity index (χ1v) is 12.5. The van der Waals surface area contributed by atoms with Crippen LogP contribution in [0.1, 0.15) is 43.7 Å². The second-order valence-corrected chi connectivity index (χ2v) is 10.7. The molecule has 0 aromatic heterocycles. The first-order chi connectivity index (χ1) is 13.8. The van der Waals surface area contributed by atoms with Crippen molar-refractivity contribution in [3.8, 4) is 0 Å². The summed E-state index contributed by atoms with van der Waals surface area (Å²) in [5.74, 6) is 0.457. The third kappa shape index (κ3) is 6.52. The van der Waals surface area contributed by atoms with Gasteiger partial charge in [-0.15, -0.1) is 0 Å². The minimum absolute atomic E-state index is 0.0260. The lowest BCUT2D eigenvalue weighted by molar-refractivity contribution is -0.126. The van der Waals surface area contributed by atoms with Crippen LogP contribution in [0.3, 0.4) is 0 Å². The highest BCUT2D eigenvalue weighted by atomic mass is 32.2. The number of benzene rings is 1. The fourth-order valence-electron chi connectivity index (χ4n) is 4.27. The average Bonchev–Trinajstić information content (AvgIpc) is 3.21. The molecule has 7 heteroatoms. The maximum absolute atomic E-state index is 12.7. The van der Waals surface area contributed by atoms with Crippen molar-refractivity contribution in [3.05, 3.63) is 35.4 Å². The van der Waals surface area contributed by atoms with Crippen LogP contribution in [0.2, 0.25) is 0 Å². The number of nitrogens with zero attached hydrogens (tertiary/aromatic N) is 2. The van der Waals surface area contributed by atoms with Gasteiger partial charge >= 0.3 is 0 Å². The Bertz CT molecular complexity index is 765. The van der Waals surface area contributed by atoms with Gasteiger partial charge in [0.1, 0.15) is 0 Å². The minimum Gasteiger partial charge on any atom is -0.356 e. The summed E-state index contributed by atoms with van der Waals surface area (Å²) in [4.78, 5) is 15.0. The van der Waals surface area contributed by atoms with Gasteiger partial charge in [0.15, 0.2) is 0 Å². The van der Waals surface area contributed by atoms with Gasteiger partial charge in [-0.25, -0.2) is 12.7 Å². The number of likely N-dealkylation sites (tertiary alicyclic amines) is 1. The van der Waals surface area contributed by atoms with Crippen LogP contribution in [0.25, 0.3) is 0 Å². The molecule has 2 aliphatic rings. The van der Waals surface area contributed by atoms with Crippen LogP contribution in [0.5, 0.6) is 0 Å². The normalized spacial score (nSPS) is 20.6. The van der Waals surface area contributed by atoms with Crippen LogP contribution in [-0.4, -0.2) is 62.8 Å². The first-order valence-electron chi connectivity index (χ1n) is 10.9. The van der Waals surface area contributed by atoms with Gasteiger partial charge in [0.05, 0.1) is 5.75 Å². The highest BCUT2D eigenvalue weighted by Crippen LogP contribution is 2.22. The van der Waals surface area contributed by atoms with Crippen molar-refractivity contribution in [1.82, 2.24) is 14.5 Å². The quantitative estimate of drug-likeness (QED) is 0.700. The number of hydrogen-bond acceptors (Lipinski definition) is 4. The fraction of sp³-hybridized carbons (Fsp3) is 0.682. The molecular formula is C22H35N3O3S. The molecule has 1 amide bonds. The summed E-state index contributed by atoms with van der Waals surface area (Å²) < 4.78 is 27.0. The Hall–Kier alpha value is -1.44. The molecule has 29 heavy (non-hydrogen) atoms. The summed E-state index contributed by atoms with van der Waals surface area (Å²) >= 11 is 0. The van der Waals surface area contributed by atoms with Gasteiger partial charge in [-0.2, -0.15) is 0 Å². The van der Waals surface area contributed by atoms with E-state index >= 15 is 0 Å². The van der Waals surface area contributed by atoms with E-state index in [0.717, 1.165) is 17.7 Å². The molecule has 6 nitrogen and oxygen atoms in total. The maximum Gasteiger partial charge on any atom is 0.223 e. The lowest BCUT2D eigenvalue weighted by atomic mass is 9.97. The molecule has 2 fully saturated rings. The number of sulfonamides is 1. The Morgan fingerprint density at radius 1 is 1.10 bits per heavy atom. The zero-order valence-corrected chi connectivity index (χ0v) is 18.6. The van der Waals surface area contributed by atoms with Gasteiger partial charge in [-0.1, -0.05) is 36.8 Å². The highest BCUT2D eigenvalue weighted by molar-refractivity contribution is 7.88. The van der Waals surface area contributed by atoms with Crippen LogP contribution in [0.15, 0.2) is 24.3 Å². The molecule has 1 atom stereocenters. The third-order valence-electron chi connectivity index (χ3n) is 6.08. The number of carbonyl (C=O) groups is 1. The summed E-state index contributed by atoms with van der Waals surface area (Å²) in [6, 6.07) is 7.62. The standard InChI is InChI=1S/C22H35N3O3S/c1-18-5-7-20(8-6-18)17-29(27,28)25-13-9-21(10-14-25)22(26)23-15-19(2)16-24-11-3-4-12-24/h5-8,19,21H,3-4,9-17H2,1-2H3,(H,23,26)/t19-/m1/s1. The molecule has 2 heterocycles. The molecule has 1 aromatic rings. The van der Waals surface area contributed by atoms with E-state index < -0.39 is 10.0 Å². The summed E-state index contributed by atoms with van der Waals surface area (Å²) in [6.07, 6.45) is 3.76. The molecule has 3 rings (SSSR count). The van der Waals surface area contributed by atoms with Crippen LogP contribution in [0.4, 0.5) is 0 Å². The first kappa shape index (κ1) is 22.2. The molecule has 2 aliphatic heterocycles. The zero-order valence-electron chi connectivity index (χ0n) is 17.8. The Balaban J connectivity index is 1.41. The summed E-state index contributed by atoms with van der Waals surface area (Å²) in [5, 5.41) is 3.09. The van der Waals surface area contributed by atoms with Crippen molar-refractivity contribution >= 4 is 15.9 Å². The summed E-state index contributed by atoms with van der Waals surface area (Å²) in [5.41, 5.74) is 1.93. The maximum atomic E-state index is 12.7. The second-order valence-electron chi connectivity index (χ2n) is 8.77. The van der Waals surface area contributed by atoms with Crippen molar-refractivity contribution in [2.24, 2.45) is 11.8 Å². The lowest BCUT2D eigenvalue weighted by Crippen LogP contribution is -2.44. The van der Waals surface area contributed by atoms with Gasteiger partial charge < -0.3 is 10.2 Å². The van der Waals surface area contributed by atoms with E-state index in [0.29, 0.717) is 38.4 Å². The van der Waals surface area contributed by atoms with Gasteiger partial charge in [0, 0.05) is 32.1 Å². The van der Waals surface area contributed by atoms with E-state index in [4.69, 9.17) is 0 Å². The Morgan fingerprint density at radius 3 is 2.34 bits per heavy atom. The van der Waals surface area contributed by atoms with Crippen LogP contribution in [-0.2, 0) is 20.6 Å². The predicted octanol–water partition coefficient (Wildman–Crippen LogP) is 2.38. The van der Waals surface area contributed by atoms with Crippen molar-refractivity contribution in [2.75, 3.05) is 39.3 Å². The van der Waals surface area contributed by atoms with Crippen molar-refractivity contribution in [1.29, 1.82) is 0 Å². The number of hydrogen-bond donors (Lipinski definition) is 1. The van der Waals surface area contributed by atoms with Gasteiger partial charge in [0.25, 0.3) is 0 Å². The molecule has 1 aromatic carbocycles. The highest BCUT2D eigenvalue weighted by Gasteiger charge is 2.31. The SMILES string of the molecule is Cc1ccc(CS(=O)(=O)N2CCC(C(=O)NC[C@@H](C)CN3CCCC3)CC2)cc1. The molecule has 0 unspecified atom stereocenters. The van der Waals surface area contributed by atoms with E-state index in [1.54, 1.807) is 4.31 Å².